The van der Waals surface area contributed by atoms with Crippen molar-refractivity contribution in [2.75, 3.05) is 5.73 Å². The Bertz CT molecular complexity index is 440. The topological polar surface area (TPSA) is 26.0 Å². The first-order chi connectivity index (χ1) is 6.29. The van der Waals surface area contributed by atoms with Crippen molar-refractivity contribution in [2.45, 2.75) is 5.33 Å². The van der Waals surface area contributed by atoms with Gasteiger partial charge < -0.3 is 5.73 Å². The van der Waals surface area contributed by atoms with Gasteiger partial charge in [-0.15, -0.1) is 17.0 Å². The van der Waals surface area contributed by atoms with Crippen LogP contribution in [0.15, 0.2) is 36.4 Å². The molecule has 14 heavy (non-hydrogen) atoms. The van der Waals surface area contributed by atoms with Crippen LogP contribution in [0.2, 0.25) is 0 Å². The number of nitrogen functional groups attached to an aromatic ring is 1. The molecular formula is C11H11Br2N. The third kappa shape index (κ3) is 2.28. The van der Waals surface area contributed by atoms with Crippen LogP contribution in [0.3, 0.4) is 0 Å². The van der Waals surface area contributed by atoms with Crippen LogP contribution in [0.1, 0.15) is 5.56 Å². The second-order valence-electron chi connectivity index (χ2n) is 3.07. The highest BCUT2D eigenvalue weighted by molar-refractivity contribution is 9.08. The van der Waals surface area contributed by atoms with Crippen molar-refractivity contribution in [3.8, 4) is 0 Å². The third-order valence-corrected chi connectivity index (χ3v) is 2.73. The quantitative estimate of drug-likeness (QED) is 0.627. The molecule has 0 unspecified atom stereocenters. The maximum Gasteiger partial charge on any atom is 0.0320 e. The SMILES string of the molecule is Br.Nc1ccc2cc(CBr)ccc2c1. The van der Waals surface area contributed by atoms with E-state index < -0.39 is 0 Å². The highest BCUT2D eigenvalue weighted by atomic mass is 79.9. The molecule has 0 amide bonds. The van der Waals surface area contributed by atoms with Gasteiger partial charge in [0.2, 0.25) is 0 Å². The molecule has 0 aromatic heterocycles. The van der Waals surface area contributed by atoms with E-state index in [0.29, 0.717) is 0 Å². The van der Waals surface area contributed by atoms with E-state index in [1.165, 1.54) is 16.3 Å². The molecule has 0 spiro atoms. The van der Waals surface area contributed by atoms with Crippen LogP contribution < -0.4 is 5.73 Å². The Hall–Kier alpha value is -0.540. The van der Waals surface area contributed by atoms with E-state index in [-0.39, 0.29) is 17.0 Å². The normalized spacial score (nSPS) is 9.79. The van der Waals surface area contributed by atoms with E-state index in [0.717, 1.165) is 11.0 Å². The summed E-state index contributed by atoms with van der Waals surface area (Å²) in [5, 5.41) is 3.34. The van der Waals surface area contributed by atoms with E-state index in [1.54, 1.807) is 0 Å². The molecule has 0 bridgehead atoms. The van der Waals surface area contributed by atoms with Crippen LogP contribution in [0.5, 0.6) is 0 Å². The molecule has 0 fully saturated rings. The van der Waals surface area contributed by atoms with Crippen molar-refractivity contribution in [3.05, 3.63) is 42.0 Å². The van der Waals surface area contributed by atoms with Gasteiger partial charge in [0, 0.05) is 11.0 Å². The first-order valence-corrected chi connectivity index (χ1v) is 5.26. The van der Waals surface area contributed by atoms with Gasteiger partial charge in [-0.1, -0.05) is 40.2 Å². The Kier molecular flexibility index (Phi) is 3.96. The lowest BCUT2D eigenvalue weighted by atomic mass is 10.1. The number of benzene rings is 2. The molecule has 74 valence electrons. The molecule has 0 radical (unpaired) electrons. The maximum atomic E-state index is 5.69. The monoisotopic (exact) mass is 315 g/mol. The van der Waals surface area contributed by atoms with Crippen LogP contribution in [0, 0.1) is 0 Å². The summed E-state index contributed by atoms with van der Waals surface area (Å²) in [7, 11) is 0. The standard InChI is InChI=1S/C11H10BrN.BrH/c12-7-8-1-2-10-6-11(13)4-3-9(10)5-8;/h1-6H,7,13H2;1H. The molecule has 0 aliphatic heterocycles. The summed E-state index contributed by atoms with van der Waals surface area (Å²) in [6.45, 7) is 0. The van der Waals surface area contributed by atoms with Crippen molar-refractivity contribution in [1.29, 1.82) is 0 Å². The smallest absolute Gasteiger partial charge is 0.0320 e. The van der Waals surface area contributed by atoms with E-state index in [1.807, 2.05) is 12.1 Å². The van der Waals surface area contributed by atoms with Gasteiger partial charge in [-0.05, 0) is 28.5 Å². The molecule has 0 saturated heterocycles. The van der Waals surface area contributed by atoms with Gasteiger partial charge in [-0.3, -0.25) is 0 Å². The first-order valence-electron chi connectivity index (χ1n) is 4.14. The van der Waals surface area contributed by atoms with Gasteiger partial charge in [-0.2, -0.15) is 0 Å². The minimum atomic E-state index is 0. The van der Waals surface area contributed by atoms with E-state index in [9.17, 15) is 0 Å². The molecule has 0 aliphatic rings. The zero-order valence-corrected chi connectivity index (χ0v) is 10.8. The van der Waals surface area contributed by atoms with Gasteiger partial charge in [-0.25, -0.2) is 0 Å². The Morgan fingerprint density at radius 2 is 1.64 bits per heavy atom. The first kappa shape index (κ1) is 11.5. The summed E-state index contributed by atoms with van der Waals surface area (Å²) in [6, 6.07) is 12.4. The van der Waals surface area contributed by atoms with Crippen LogP contribution in [0.4, 0.5) is 5.69 Å². The second kappa shape index (κ2) is 4.80. The number of hydrogen-bond donors (Lipinski definition) is 1. The molecule has 3 heteroatoms. The van der Waals surface area contributed by atoms with Gasteiger partial charge in [0.05, 0.1) is 0 Å². The number of anilines is 1. The minimum Gasteiger partial charge on any atom is -0.399 e. The number of hydrogen-bond acceptors (Lipinski definition) is 1. The zero-order valence-electron chi connectivity index (χ0n) is 7.53. The average Bonchev–Trinajstić information content (AvgIpc) is 2.17. The molecule has 0 heterocycles. The van der Waals surface area contributed by atoms with Gasteiger partial charge >= 0.3 is 0 Å². The Morgan fingerprint density at radius 1 is 1.00 bits per heavy atom. The minimum absolute atomic E-state index is 0. The number of halogens is 2. The van der Waals surface area contributed by atoms with E-state index >= 15 is 0 Å². The fourth-order valence-corrected chi connectivity index (χ4v) is 1.75. The van der Waals surface area contributed by atoms with Crippen molar-refractivity contribution in [2.24, 2.45) is 0 Å². The molecule has 2 aromatic carbocycles. The summed E-state index contributed by atoms with van der Waals surface area (Å²) >= 11 is 3.43. The lowest BCUT2D eigenvalue weighted by Gasteiger charge is -2.01. The van der Waals surface area contributed by atoms with Crippen LogP contribution in [-0.4, -0.2) is 0 Å². The molecule has 2 N–H and O–H groups in total. The number of rotatable bonds is 1. The van der Waals surface area contributed by atoms with Crippen molar-refractivity contribution >= 4 is 49.4 Å². The van der Waals surface area contributed by atoms with Crippen molar-refractivity contribution in [3.63, 3.8) is 0 Å². The van der Waals surface area contributed by atoms with Gasteiger partial charge in [0.1, 0.15) is 0 Å². The fraction of sp³-hybridized carbons (Fsp3) is 0.0909. The second-order valence-corrected chi connectivity index (χ2v) is 3.64. The molecule has 0 saturated carbocycles. The summed E-state index contributed by atoms with van der Waals surface area (Å²) in [5.74, 6) is 0. The Labute approximate surface area is 102 Å². The molecular weight excluding hydrogens is 306 g/mol. The third-order valence-electron chi connectivity index (χ3n) is 2.08. The van der Waals surface area contributed by atoms with Crippen molar-refractivity contribution < 1.29 is 0 Å². The lowest BCUT2D eigenvalue weighted by molar-refractivity contribution is 1.47. The van der Waals surface area contributed by atoms with Crippen LogP contribution >= 0.6 is 32.9 Å². The number of nitrogens with two attached hydrogens (primary N) is 1. The van der Waals surface area contributed by atoms with Crippen LogP contribution in [0.25, 0.3) is 10.8 Å². The molecule has 1 nitrogen and oxygen atoms in total. The summed E-state index contributed by atoms with van der Waals surface area (Å²) in [6.07, 6.45) is 0. The van der Waals surface area contributed by atoms with Gasteiger partial charge in [0.25, 0.3) is 0 Å². The predicted molar refractivity (Wildman–Crippen MR) is 71.3 cm³/mol. The summed E-state index contributed by atoms with van der Waals surface area (Å²) in [4.78, 5) is 0. The fourth-order valence-electron chi connectivity index (χ4n) is 1.40. The summed E-state index contributed by atoms with van der Waals surface area (Å²) in [5.41, 5.74) is 7.79. The zero-order chi connectivity index (χ0) is 9.26. The van der Waals surface area contributed by atoms with Gasteiger partial charge in [0.15, 0.2) is 0 Å². The summed E-state index contributed by atoms with van der Waals surface area (Å²) < 4.78 is 0. The highest BCUT2D eigenvalue weighted by Crippen LogP contribution is 2.19. The van der Waals surface area contributed by atoms with E-state index in [4.69, 9.17) is 5.73 Å². The molecule has 2 aromatic rings. The largest absolute Gasteiger partial charge is 0.399 e. The molecule has 2 rings (SSSR count). The number of fused-ring (bicyclic) bond motifs is 1. The van der Waals surface area contributed by atoms with E-state index in [2.05, 4.69) is 40.2 Å². The van der Waals surface area contributed by atoms with Crippen molar-refractivity contribution in [1.82, 2.24) is 0 Å². The Morgan fingerprint density at radius 3 is 2.36 bits per heavy atom. The maximum absolute atomic E-state index is 5.69. The number of alkyl halides is 1. The molecule has 0 atom stereocenters. The highest BCUT2D eigenvalue weighted by Gasteiger charge is 1.95. The lowest BCUT2D eigenvalue weighted by Crippen LogP contribution is -1.84. The van der Waals surface area contributed by atoms with Crippen LogP contribution in [-0.2, 0) is 5.33 Å². The Balaban J connectivity index is 0.000000980. The predicted octanol–water partition coefficient (Wildman–Crippen LogP) is 3.89. The molecule has 0 aliphatic carbocycles. The average molecular weight is 317 g/mol.